The van der Waals surface area contributed by atoms with Gasteiger partial charge in [0.25, 0.3) is 5.56 Å². The van der Waals surface area contributed by atoms with E-state index in [1.165, 1.54) is 12.1 Å². The largest absolute Gasteiger partial charge is 0.321 e. The maximum absolute atomic E-state index is 12.6. The van der Waals surface area contributed by atoms with E-state index in [-0.39, 0.29) is 4.90 Å². The molecule has 3 aromatic rings. The number of aromatic nitrogens is 1. The summed E-state index contributed by atoms with van der Waals surface area (Å²) in [5.41, 5.74) is 0.528. The van der Waals surface area contributed by atoms with Crippen LogP contribution in [0.4, 0.5) is 0 Å². The number of benzene rings is 2. The van der Waals surface area contributed by atoms with Crippen LogP contribution in [0.15, 0.2) is 66.5 Å². The van der Waals surface area contributed by atoms with Gasteiger partial charge in [0.2, 0.25) is 9.84 Å². The molecular formula is C17H10Br2ClNO3S. The molecule has 0 radical (unpaired) electrons. The van der Waals surface area contributed by atoms with Crippen molar-refractivity contribution in [1.29, 1.82) is 0 Å². The van der Waals surface area contributed by atoms with Gasteiger partial charge >= 0.3 is 0 Å². The summed E-state index contributed by atoms with van der Waals surface area (Å²) in [5.74, 6) is 0. The number of rotatable bonds is 3. The van der Waals surface area contributed by atoms with Crippen LogP contribution in [-0.2, 0) is 9.84 Å². The van der Waals surface area contributed by atoms with Gasteiger partial charge in [-0.25, -0.2) is 8.42 Å². The van der Waals surface area contributed by atoms with Gasteiger partial charge in [0.1, 0.15) is 4.90 Å². The monoisotopic (exact) mass is 501 g/mol. The van der Waals surface area contributed by atoms with E-state index in [0.29, 0.717) is 26.0 Å². The first-order valence-corrected chi connectivity index (χ1v) is 10.5. The zero-order valence-corrected chi connectivity index (χ0v) is 17.2. The molecular weight excluding hydrogens is 494 g/mol. The molecule has 4 nitrogen and oxygen atoms in total. The predicted molar refractivity (Wildman–Crippen MR) is 108 cm³/mol. The fraction of sp³-hybridized carbons (Fsp3) is 0. The SMILES string of the molecule is O=c1[nH]c2cc(Br)cc(Br)c2cc1S(=O)(=O)C=Cc1ccc(Cl)cc1. The molecule has 1 N–H and O–H groups in total. The zero-order chi connectivity index (χ0) is 18.2. The molecule has 1 aromatic heterocycles. The van der Waals surface area contributed by atoms with E-state index in [9.17, 15) is 13.2 Å². The molecule has 128 valence electrons. The predicted octanol–water partition coefficient (Wildman–Crippen LogP) is 5.15. The van der Waals surface area contributed by atoms with Gasteiger partial charge in [-0.15, -0.1) is 0 Å². The Kier molecular flexibility index (Phi) is 5.20. The van der Waals surface area contributed by atoms with Crippen molar-refractivity contribution in [1.82, 2.24) is 4.98 Å². The highest BCUT2D eigenvalue weighted by Gasteiger charge is 2.17. The van der Waals surface area contributed by atoms with Crippen molar-refractivity contribution in [3.8, 4) is 0 Å². The van der Waals surface area contributed by atoms with Gasteiger partial charge < -0.3 is 4.98 Å². The smallest absolute Gasteiger partial charge is 0.267 e. The van der Waals surface area contributed by atoms with Crippen LogP contribution in [0, 0.1) is 0 Å². The van der Waals surface area contributed by atoms with Gasteiger partial charge in [-0.05, 0) is 42.0 Å². The summed E-state index contributed by atoms with van der Waals surface area (Å²) in [6.45, 7) is 0. The molecule has 0 unspecified atom stereocenters. The van der Waals surface area contributed by atoms with Crippen LogP contribution in [-0.4, -0.2) is 13.4 Å². The number of halogens is 3. The lowest BCUT2D eigenvalue weighted by atomic mass is 10.2. The Bertz CT molecular complexity index is 1150. The van der Waals surface area contributed by atoms with E-state index in [1.807, 2.05) is 0 Å². The van der Waals surface area contributed by atoms with Crippen LogP contribution >= 0.6 is 43.5 Å². The van der Waals surface area contributed by atoms with Crippen LogP contribution in [0.25, 0.3) is 17.0 Å². The third-order valence-electron chi connectivity index (χ3n) is 3.46. The van der Waals surface area contributed by atoms with Crippen LogP contribution in [0.2, 0.25) is 5.02 Å². The number of sulfone groups is 1. The number of H-pyrrole nitrogens is 1. The minimum Gasteiger partial charge on any atom is -0.321 e. The normalized spacial score (nSPS) is 12.1. The van der Waals surface area contributed by atoms with Crippen molar-refractivity contribution in [2.45, 2.75) is 4.90 Å². The Morgan fingerprint density at radius 1 is 1.04 bits per heavy atom. The molecule has 8 heteroatoms. The molecule has 2 aromatic carbocycles. The van der Waals surface area contributed by atoms with Crippen LogP contribution in [0.5, 0.6) is 0 Å². The van der Waals surface area contributed by atoms with Gasteiger partial charge in [0.05, 0.1) is 5.52 Å². The van der Waals surface area contributed by atoms with E-state index in [1.54, 1.807) is 36.4 Å². The lowest BCUT2D eigenvalue weighted by Crippen LogP contribution is -2.16. The molecule has 0 aliphatic heterocycles. The van der Waals surface area contributed by atoms with Crippen molar-refractivity contribution in [3.63, 3.8) is 0 Å². The summed E-state index contributed by atoms with van der Waals surface area (Å²) in [6, 6.07) is 11.5. The van der Waals surface area contributed by atoms with Crippen LogP contribution in [0.3, 0.4) is 0 Å². The second kappa shape index (κ2) is 7.07. The van der Waals surface area contributed by atoms with E-state index in [2.05, 4.69) is 36.8 Å². The van der Waals surface area contributed by atoms with Crippen LogP contribution in [0.1, 0.15) is 5.56 Å². The summed E-state index contributed by atoms with van der Waals surface area (Å²) >= 11 is 12.5. The third-order valence-corrected chi connectivity index (χ3v) is 6.23. The minimum absolute atomic E-state index is 0.312. The molecule has 1 heterocycles. The molecule has 25 heavy (non-hydrogen) atoms. The number of hydrogen-bond acceptors (Lipinski definition) is 3. The Hall–Kier alpha value is -1.41. The lowest BCUT2D eigenvalue weighted by Gasteiger charge is -2.05. The Balaban J connectivity index is 2.09. The maximum atomic E-state index is 12.6. The standard InChI is InChI=1S/C17H10Br2ClNO3S/c18-11-7-14(19)13-9-16(17(22)21-15(13)8-11)25(23,24)6-5-10-1-3-12(20)4-2-10/h1-9H,(H,21,22). The van der Waals surface area contributed by atoms with E-state index in [0.717, 1.165) is 9.88 Å². The first-order valence-electron chi connectivity index (χ1n) is 6.97. The Morgan fingerprint density at radius 2 is 1.72 bits per heavy atom. The van der Waals surface area contributed by atoms with Crippen molar-refractivity contribution in [2.75, 3.05) is 0 Å². The molecule has 0 amide bonds. The molecule has 3 rings (SSSR count). The molecule has 0 aliphatic rings. The first kappa shape index (κ1) is 18.4. The number of fused-ring (bicyclic) bond motifs is 1. The molecule has 0 aliphatic carbocycles. The average Bonchev–Trinajstić information content (AvgIpc) is 2.53. The summed E-state index contributed by atoms with van der Waals surface area (Å²) in [5, 5.41) is 2.17. The quantitative estimate of drug-likeness (QED) is 0.538. The van der Waals surface area contributed by atoms with Crippen molar-refractivity contribution < 1.29 is 8.42 Å². The van der Waals surface area contributed by atoms with Crippen molar-refractivity contribution >= 4 is 70.3 Å². The van der Waals surface area contributed by atoms with E-state index >= 15 is 0 Å². The highest BCUT2D eigenvalue weighted by atomic mass is 79.9. The lowest BCUT2D eigenvalue weighted by molar-refractivity contribution is 0.603. The topological polar surface area (TPSA) is 67.0 Å². The van der Waals surface area contributed by atoms with Gasteiger partial charge in [-0.2, -0.15) is 0 Å². The number of pyridine rings is 1. The summed E-state index contributed by atoms with van der Waals surface area (Å²) in [6.07, 6.45) is 1.42. The van der Waals surface area contributed by atoms with Gasteiger partial charge in [-0.1, -0.05) is 55.6 Å². The summed E-state index contributed by atoms with van der Waals surface area (Å²) in [4.78, 5) is 14.5. The zero-order valence-electron chi connectivity index (χ0n) is 12.5. The average molecular weight is 504 g/mol. The van der Waals surface area contributed by atoms with Crippen LogP contribution < -0.4 is 5.56 Å². The molecule has 0 bridgehead atoms. The Morgan fingerprint density at radius 3 is 2.40 bits per heavy atom. The number of aromatic amines is 1. The molecule has 0 atom stereocenters. The van der Waals surface area contributed by atoms with Gasteiger partial charge in [-0.3, -0.25) is 4.79 Å². The Labute approximate surface area is 165 Å². The minimum atomic E-state index is -3.91. The van der Waals surface area contributed by atoms with Gasteiger partial charge in [0.15, 0.2) is 0 Å². The molecule has 0 saturated heterocycles. The second-order valence-corrected chi connectivity index (χ2v) is 9.22. The molecule has 0 fully saturated rings. The third kappa shape index (κ3) is 4.06. The maximum Gasteiger partial charge on any atom is 0.267 e. The van der Waals surface area contributed by atoms with Crippen molar-refractivity contribution in [3.05, 3.63) is 77.8 Å². The fourth-order valence-corrected chi connectivity index (χ4v) is 4.78. The highest BCUT2D eigenvalue weighted by Crippen LogP contribution is 2.28. The van der Waals surface area contributed by atoms with Crippen molar-refractivity contribution in [2.24, 2.45) is 0 Å². The van der Waals surface area contributed by atoms with E-state index in [4.69, 9.17) is 11.6 Å². The number of nitrogens with one attached hydrogen (secondary N) is 1. The molecule has 0 spiro atoms. The summed E-state index contributed by atoms with van der Waals surface area (Å²) < 4.78 is 26.6. The summed E-state index contributed by atoms with van der Waals surface area (Å²) in [7, 11) is -3.91. The molecule has 0 saturated carbocycles. The number of hydrogen-bond donors (Lipinski definition) is 1. The first-order chi connectivity index (χ1) is 11.8. The second-order valence-electron chi connectivity index (χ2n) is 5.21. The van der Waals surface area contributed by atoms with E-state index < -0.39 is 15.4 Å². The van der Waals surface area contributed by atoms with Gasteiger partial charge in [0, 0.05) is 24.8 Å². The fourth-order valence-electron chi connectivity index (χ4n) is 2.24. The highest BCUT2D eigenvalue weighted by molar-refractivity contribution is 9.11.